The summed E-state index contributed by atoms with van der Waals surface area (Å²) in [6.45, 7) is 4.69. The molecule has 0 heteroatoms. The Kier molecular flexibility index (Phi) is 2.24. The Bertz CT molecular complexity index is 454. The molecule has 16 heavy (non-hydrogen) atoms. The van der Waals surface area contributed by atoms with Gasteiger partial charge in [-0.3, -0.25) is 0 Å². The van der Waals surface area contributed by atoms with Crippen LogP contribution in [-0.4, -0.2) is 0 Å². The normalized spacial score (nSPS) is 35.9. The fraction of sp³-hybridized carbons (Fsp3) is 0.375. The molecule has 0 spiro atoms. The highest BCUT2D eigenvalue weighted by Crippen LogP contribution is 2.46. The van der Waals surface area contributed by atoms with Crippen LogP contribution in [0.15, 0.2) is 59.3 Å². The molecule has 0 N–H and O–H groups in total. The van der Waals surface area contributed by atoms with Crippen LogP contribution >= 0.6 is 0 Å². The molecule has 3 aliphatic rings. The zero-order valence-electron chi connectivity index (χ0n) is 9.98. The minimum Gasteiger partial charge on any atom is -0.0839 e. The van der Waals surface area contributed by atoms with E-state index in [-0.39, 0.29) is 0 Å². The first-order valence-electron chi connectivity index (χ1n) is 6.22. The minimum atomic E-state index is 0.638. The molecule has 0 aromatic rings. The van der Waals surface area contributed by atoms with Crippen molar-refractivity contribution in [3.05, 3.63) is 59.3 Å². The molecule has 0 nitrogen and oxygen atoms in total. The summed E-state index contributed by atoms with van der Waals surface area (Å²) in [6, 6.07) is 0. The first-order valence-corrected chi connectivity index (χ1v) is 6.22. The fourth-order valence-corrected chi connectivity index (χ4v) is 3.36. The van der Waals surface area contributed by atoms with Gasteiger partial charge in [0.2, 0.25) is 0 Å². The van der Waals surface area contributed by atoms with Crippen LogP contribution in [0.1, 0.15) is 20.3 Å². The summed E-state index contributed by atoms with van der Waals surface area (Å²) in [5, 5.41) is 0. The maximum Gasteiger partial charge on any atom is 0.00554 e. The van der Waals surface area contributed by atoms with Crippen molar-refractivity contribution >= 4 is 0 Å². The van der Waals surface area contributed by atoms with Gasteiger partial charge in [-0.2, -0.15) is 0 Å². The topological polar surface area (TPSA) is 0 Å². The van der Waals surface area contributed by atoms with Gasteiger partial charge >= 0.3 is 0 Å². The minimum absolute atomic E-state index is 0.638. The summed E-state index contributed by atoms with van der Waals surface area (Å²) in [4.78, 5) is 0. The van der Waals surface area contributed by atoms with Gasteiger partial charge in [0.1, 0.15) is 0 Å². The Morgan fingerprint density at radius 2 is 2.06 bits per heavy atom. The maximum absolute atomic E-state index is 2.40. The molecule has 82 valence electrons. The van der Waals surface area contributed by atoms with E-state index in [2.05, 4.69) is 56.4 Å². The van der Waals surface area contributed by atoms with E-state index in [4.69, 9.17) is 0 Å². The molecule has 0 saturated heterocycles. The summed E-state index contributed by atoms with van der Waals surface area (Å²) >= 11 is 0. The van der Waals surface area contributed by atoms with E-state index in [9.17, 15) is 0 Å². The summed E-state index contributed by atoms with van der Waals surface area (Å²) in [5.74, 6) is 2.10. The molecule has 3 unspecified atom stereocenters. The van der Waals surface area contributed by atoms with E-state index < -0.39 is 0 Å². The van der Waals surface area contributed by atoms with Crippen LogP contribution in [0.2, 0.25) is 0 Å². The average Bonchev–Trinajstić information content (AvgIpc) is 2.36. The lowest BCUT2D eigenvalue weighted by molar-refractivity contribution is 0.337. The van der Waals surface area contributed by atoms with Gasteiger partial charge in [-0.05, 0) is 41.9 Å². The predicted octanol–water partition coefficient (Wildman–Crippen LogP) is 4.20. The zero-order chi connectivity index (χ0) is 11.1. The Balaban J connectivity index is 2.15. The number of hydrogen-bond donors (Lipinski definition) is 0. The fourth-order valence-electron chi connectivity index (χ4n) is 3.36. The van der Waals surface area contributed by atoms with Gasteiger partial charge in [0, 0.05) is 5.92 Å². The van der Waals surface area contributed by atoms with Gasteiger partial charge in [0.15, 0.2) is 0 Å². The molecule has 3 rings (SSSR count). The number of hydrogen-bond acceptors (Lipinski definition) is 0. The van der Waals surface area contributed by atoms with Crippen molar-refractivity contribution in [1.29, 1.82) is 0 Å². The summed E-state index contributed by atoms with van der Waals surface area (Å²) in [5.41, 5.74) is 4.62. The van der Waals surface area contributed by atoms with Crippen LogP contribution in [-0.2, 0) is 0 Å². The Morgan fingerprint density at radius 1 is 1.19 bits per heavy atom. The molecule has 0 amide bonds. The van der Waals surface area contributed by atoms with Gasteiger partial charge in [-0.25, -0.2) is 0 Å². The Labute approximate surface area is 97.7 Å². The number of fused-ring (bicyclic) bond motifs is 2. The zero-order valence-corrected chi connectivity index (χ0v) is 9.98. The van der Waals surface area contributed by atoms with Gasteiger partial charge in [-0.15, -0.1) is 0 Å². The molecule has 0 aromatic carbocycles. The molecule has 0 radical (unpaired) electrons. The molecule has 0 fully saturated rings. The van der Waals surface area contributed by atoms with E-state index in [1.165, 1.54) is 17.6 Å². The first-order chi connectivity index (χ1) is 7.79. The second kappa shape index (κ2) is 3.62. The van der Waals surface area contributed by atoms with Crippen LogP contribution in [0.4, 0.5) is 0 Å². The summed E-state index contributed by atoms with van der Waals surface area (Å²) in [7, 11) is 0. The molecule has 0 aromatic heterocycles. The van der Waals surface area contributed by atoms with E-state index in [1.54, 1.807) is 5.57 Å². The van der Waals surface area contributed by atoms with Crippen LogP contribution in [0.25, 0.3) is 0 Å². The van der Waals surface area contributed by atoms with E-state index in [0.717, 1.165) is 11.8 Å². The quantitative estimate of drug-likeness (QED) is 0.562. The summed E-state index contributed by atoms with van der Waals surface area (Å²) < 4.78 is 0. The lowest BCUT2D eigenvalue weighted by atomic mass is 9.64. The first kappa shape index (κ1) is 9.89. The Morgan fingerprint density at radius 3 is 2.94 bits per heavy atom. The van der Waals surface area contributed by atoms with Crippen molar-refractivity contribution in [3.63, 3.8) is 0 Å². The lowest BCUT2D eigenvalue weighted by Gasteiger charge is -2.40. The Hall–Kier alpha value is -1.30. The monoisotopic (exact) mass is 210 g/mol. The number of rotatable bonds is 0. The van der Waals surface area contributed by atoms with Crippen LogP contribution < -0.4 is 0 Å². The maximum atomic E-state index is 2.40. The molecular formula is C16H18. The van der Waals surface area contributed by atoms with Crippen LogP contribution in [0.3, 0.4) is 0 Å². The van der Waals surface area contributed by atoms with Crippen molar-refractivity contribution < 1.29 is 0 Å². The van der Waals surface area contributed by atoms with E-state index >= 15 is 0 Å². The van der Waals surface area contributed by atoms with Crippen molar-refractivity contribution in [2.24, 2.45) is 17.8 Å². The van der Waals surface area contributed by atoms with Gasteiger partial charge in [0.05, 0.1) is 0 Å². The molecule has 3 atom stereocenters. The third kappa shape index (κ3) is 1.29. The molecule has 3 aliphatic carbocycles. The van der Waals surface area contributed by atoms with Gasteiger partial charge < -0.3 is 0 Å². The van der Waals surface area contributed by atoms with Crippen LogP contribution in [0.5, 0.6) is 0 Å². The van der Waals surface area contributed by atoms with Gasteiger partial charge in [0.25, 0.3) is 0 Å². The lowest BCUT2D eigenvalue weighted by Crippen LogP contribution is -2.29. The highest BCUT2D eigenvalue weighted by atomic mass is 14.4. The number of allylic oxidation sites excluding steroid dienone is 10. The van der Waals surface area contributed by atoms with Crippen molar-refractivity contribution in [2.45, 2.75) is 20.3 Å². The molecule has 0 saturated carbocycles. The van der Waals surface area contributed by atoms with Crippen molar-refractivity contribution in [1.82, 2.24) is 0 Å². The largest absolute Gasteiger partial charge is 0.0839 e. The third-order valence-electron chi connectivity index (χ3n) is 4.33. The molecule has 0 aliphatic heterocycles. The molecule has 0 heterocycles. The smallest absolute Gasteiger partial charge is 0.00554 e. The molecule has 0 bridgehead atoms. The average molecular weight is 210 g/mol. The van der Waals surface area contributed by atoms with Crippen LogP contribution in [0, 0.1) is 17.8 Å². The van der Waals surface area contributed by atoms with Crippen molar-refractivity contribution in [3.8, 4) is 0 Å². The van der Waals surface area contributed by atoms with Gasteiger partial charge in [-0.1, -0.05) is 49.5 Å². The SMILES string of the molecule is CC1=C2C=CC=CC2C(C)C2CC=CC=C12. The summed E-state index contributed by atoms with van der Waals surface area (Å²) in [6.07, 6.45) is 17.1. The highest BCUT2D eigenvalue weighted by molar-refractivity contribution is 5.51. The second-order valence-electron chi connectivity index (χ2n) is 5.10. The van der Waals surface area contributed by atoms with Crippen molar-refractivity contribution in [2.75, 3.05) is 0 Å². The highest BCUT2D eigenvalue weighted by Gasteiger charge is 2.35. The third-order valence-corrected chi connectivity index (χ3v) is 4.33. The van der Waals surface area contributed by atoms with E-state index in [1.807, 2.05) is 0 Å². The molecular weight excluding hydrogens is 192 g/mol. The van der Waals surface area contributed by atoms with E-state index in [0.29, 0.717) is 5.92 Å². The standard InChI is InChI=1S/C16H18/c1-11-13-7-3-5-9-15(13)12(2)16-10-6-4-8-14(11)16/h3-9,12,15-16H,10H2,1-2H3. The predicted molar refractivity (Wildman–Crippen MR) is 69.0 cm³/mol. The second-order valence-corrected chi connectivity index (χ2v) is 5.10.